The van der Waals surface area contributed by atoms with E-state index in [1.807, 2.05) is 18.2 Å². The van der Waals surface area contributed by atoms with Gasteiger partial charge in [-0.05, 0) is 36.2 Å². The quantitative estimate of drug-likeness (QED) is 0.775. The van der Waals surface area contributed by atoms with E-state index >= 15 is 0 Å². The number of sulfonamides is 1. The second-order valence-electron chi connectivity index (χ2n) is 5.96. The Bertz CT molecular complexity index is 911. The van der Waals surface area contributed by atoms with Crippen molar-refractivity contribution >= 4 is 21.7 Å². The van der Waals surface area contributed by atoms with Gasteiger partial charge in [-0.15, -0.1) is 0 Å². The smallest absolute Gasteiger partial charge is 0.339 e. The van der Waals surface area contributed by atoms with Crippen molar-refractivity contribution in [3.05, 3.63) is 58.9 Å². The molecule has 1 aliphatic rings. The van der Waals surface area contributed by atoms with Crippen molar-refractivity contribution in [2.75, 3.05) is 17.2 Å². The van der Waals surface area contributed by atoms with Gasteiger partial charge < -0.3 is 10.1 Å². The number of fused-ring (bicyclic) bond motifs is 1. The average molecular weight is 375 g/mol. The van der Waals surface area contributed by atoms with Crippen molar-refractivity contribution in [2.45, 2.75) is 26.6 Å². The van der Waals surface area contributed by atoms with Gasteiger partial charge in [-0.2, -0.15) is 0 Å². The molecule has 0 radical (unpaired) electrons. The number of carbonyl (C=O) groups excluding carboxylic acids is 1. The number of nitrogens with one attached hydrogen (secondary N) is 1. The molecule has 8 heteroatoms. The number of carbonyl (C=O) groups is 1. The maximum atomic E-state index is 12.7. The lowest BCUT2D eigenvalue weighted by Gasteiger charge is -2.25. The SMILES string of the molecule is CCS(=O)(=O)N(Cc1ccc(C(=O)OC)cn1)c1cccc2c1CNC2. The summed E-state index contributed by atoms with van der Waals surface area (Å²) in [6.45, 7) is 3.09. The van der Waals surface area contributed by atoms with Crippen LogP contribution >= 0.6 is 0 Å². The maximum absolute atomic E-state index is 12.7. The van der Waals surface area contributed by atoms with Gasteiger partial charge in [0.05, 0.1) is 36.4 Å². The summed E-state index contributed by atoms with van der Waals surface area (Å²) in [6.07, 6.45) is 1.40. The Hall–Kier alpha value is -2.45. The molecule has 0 bridgehead atoms. The third-order valence-electron chi connectivity index (χ3n) is 4.39. The number of hydrogen-bond acceptors (Lipinski definition) is 6. The van der Waals surface area contributed by atoms with E-state index in [4.69, 9.17) is 0 Å². The van der Waals surface area contributed by atoms with E-state index in [1.165, 1.54) is 17.6 Å². The normalized spacial score (nSPS) is 13.3. The molecule has 0 atom stereocenters. The Morgan fingerprint density at radius 2 is 2.08 bits per heavy atom. The van der Waals surface area contributed by atoms with Crippen LogP contribution in [-0.2, 0) is 34.4 Å². The molecule has 1 aromatic heterocycles. The molecule has 0 spiro atoms. The van der Waals surface area contributed by atoms with Gasteiger partial charge in [0.2, 0.25) is 10.0 Å². The summed E-state index contributed by atoms with van der Waals surface area (Å²) in [7, 11) is -2.19. The zero-order valence-corrected chi connectivity index (χ0v) is 15.5. The molecule has 2 aromatic rings. The number of ether oxygens (including phenoxy) is 1. The van der Waals surface area contributed by atoms with Crippen LogP contribution in [0.3, 0.4) is 0 Å². The molecule has 0 fully saturated rings. The van der Waals surface area contributed by atoms with Gasteiger partial charge in [-0.1, -0.05) is 12.1 Å². The molecule has 1 aromatic carbocycles. The molecular formula is C18H21N3O4S. The molecule has 0 amide bonds. The summed E-state index contributed by atoms with van der Waals surface area (Å²) in [4.78, 5) is 15.8. The van der Waals surface area contributed by atoms with E-state index in [9.17, 15) is 13.2 Å². The van der Waals surface area contributed by atoms with E-state index in [0.29, 0.717) is 23.5 Å². The lowest BCUT2D eigenvalue weighted by molar-refractivity contribution is 0.0600. The Kier molecular flexibility index (Phi) is 5.24. The van der Waals surface area contributed by atoms with E-state index in [0.717, 1.165) is 17.7 Å². The summed E-state index contributed by atoms with van der Waals surface area (Å²) in [5, 5.41) is 3.25. The number of aromatic nitrogens is 1. The minimum atomic E-state index is -3.49. The minimum absolute atomic E-state index is 0.00958. The molecule has 2 heterocycles. The molecule has 0 saturated heterocycles. The van der Waals surface area contributed by atoms with Crippen molar-refractivity contribution in [2.24, 2.45) is 0 Å². The molecule has 1 aliphatic heterocycles. The highest BCUT2D eigenvalue weighted by Gasteiger charge is 2.26. The monoisotopic (exact) mass is 375 g/mol. The molecule has 138 valence electrons. The zero-order valence-electron chi connectivity index (χ0n) is 14.7. The summed E-state index contributed by atoms with van der Waals surface area (Å²) >= 11 is 0. The number of rotatable bonds is 6. The first-order chi connectivity index (χ1) is 12.5. The largest absolute Gasteiger partial charge is 0.465 e. The third-order valence-corrected chi connectivity index (χ3v) is 6.11. The first-order valence-corrected chi connectivity index (χ1v) is 9.92. The first-order valence-electron chi connectivity index (χ1n) is 8.31. The molecule has 1 N–H and O–H groups in total. The van der Waals surface area contributed by atoms with Gasteiger partial charge in [-0.25, -0.2) is 13.2 Å². The lowest BCUT2D eigenvalue weighted by Crippen LogP contribution is -2.33. The highest BCUT2D eigenvalue weighted by molar-refractivity contribution is 7.92. The number of hydrogen-bond donors (Lipinski definition) is 1. The van der Waals surface area contributed by atoms with Crippen LogP contribution < -0.4 is 9.62 Å². The van der Waals surface area contributed by atoms with Crippen LogP contribution in [0.2, 0.25) is 0 Å². The number of pyridine rings is 1. The van der Waals surface area contributed by atoms with Crippen LogP contribution in [0, 0.1) is 0 Å². The summed E-state index contributed by atoms with van der Waals surface area (Å²) in [5.74, 6) is -0.487. The van der Waals surface area contributed by atoms with Crippen LogP contribution in [0.4, 0.5) is 5.69 Å². The average Bonchev–Trinajstić information content (AvgIpc) is 3.15. The van der Waals surface area contributed by atoms with Crippen LogP contribution in [-0.4, -0.2) is 32.2 Å². The highest BCUT2D eigenvalue weighted by atomic mass is 32.2. The second-order valence-corrected chi connectivity index (χ2v) is 8.14. The maximum Gasteiger partial charge on any atom is 0.339 e. The van der Waals surface area contributed by atoms with E-state index in [2.05, 4.69) is 15.0 Å². The zero-order chi connectivity index (χ0) is 18.7. The topological polar surface area (TPSA) is 88.6 Å². The number of esters is 1. The Balaban J connectivity index is 1.96. The van der Waals surface area contributed by atoms with Crippen LogP contribution in [0.1, 0.15) is 34.1 Å². The summed E-state index contributed by atoms with van der Waals surface area (Å²) < 4.78 is 31.5. The van der Waals surface area contributed by atoms with Crippen molar-refractivity contribution in [3.8, 4) is 0 Å². The van der Waals surface area contributed by atoms with E-state index in [1.54, 1.807) is 19.1 Å². The Morgan fingerprint density at radius 3 is 2.73 bits per heavy atom. The highest BCUT2D eigenvalue weighted by Crippen LogP contribution is 2.30. The van der Waals surface area contributed by atoms with Gasteiger partial charge in [0.15, 0.2) is 0 Å². The van der Waals surface area contributed by atoms with Crippen LogP contribution in [0.15, 0.2) is 36.5 Å². The van der Waals surface area contributed by atoms with Gasteiger partial charge in [0.1, 0.15) is 0 Å². The number of benzene rings is 1. The molecule has 0 unspecified atom stereocenters. The molecule has 0 saturated carbocycles. The predicted octanol–water partition coefficient (Wildman–Crippen LogP) is 1.83. The van der Waals surface area contributed by atoms with Crippen LogP contribution in [0.25, 0.3) is 0 Å². The standard InChI is InChI=1S/C18H21N3O4S/c1-3-26(23,24)21(17-6-4-5-13-9-19-11-16(13)17)12-15-8-7-14(10-20-15)18(22)25-2/h4-8,10,19H,3,9,11-12H2,1-2H3. The predicted molar refractivity (Wildman–Crippen MR) is 98.2 cm³/mol. The molecule has 26 heavy (non-hydrogen) atoms. The van der Waals surface area contributed by atoms with Crippen LogP contribution in [0.5, 0.6) is 0 Å². The number of nitrogens with zero attached hydrogens (tertiary/aromatic N) is 2. The fraction of sp³-hybridized carbons (Fsp3) is 0.333. The molecule has 0 aliphatic carbocycles. The lowest BCUT2D eigenvalue weighted by atomic mass is 10.1. The fourth-order valence-corrected chi connectivity index (χ4v) is 4.05. The van der Waals surface area contributed by atoms with E-state index < -0.39 is 16.0 Å². The number of methoxy groups -OCH3 is 1. The van der Waals surface area contributed by atoms with Gasteiger partial charge >= 0.3 is 5.97 Å². The van der Waals surface area contributed by atoms with Crippen molar-refractivity contribution in [1.29, 1.82) is 0 Å². The summed E-state index contributed by atoms with van der Waals surface area (Å²) in [5.41, 5.74) is 3.65. The second kappa shape index (κ2) is 7.43. The van der Waals surface area contributed by atoms with Gasteiger partial charge in [-0.3, -0.25) is 9.29 Å². The summed E-state index contributed by atoms with van der Waals surface area (Å²) in [6, 6.07) is 8.92. The Morgan fingerprint density at radius 1 is 1.27 bits per heavy atom. The van der Waals surface area contributed by atoms with Gasteiger partial charge in [0.25, 0.3) is 0 Å². The van der Waals surface area contributed by atoms with Gasteiger partial charge in [0, 0.05) is 19.3 Å². The van der Waals surface area contributed by atoms with Crippen molar-refractivity contribution in [3.63, 3.8) is 0 Å². The fourth-order valence-electron chi connectivity index (χ4n) is 2.94. The molecule has 3 rings (SSSR count). The first kappa shape index (κ1) is 18.3. The minimum Gasteiger partial charge on any atom is -0.465 e. The third kappa shape index (κ3) is 3.56. The molecule has 7 nitrogen and oxygen atoms in total. The number of anilines is 1. The van der Waals surface area contributed by atoms with Crippen molar-refractivity contribution in [1.82, 2.24) is 10.3 Å². The Labute approximate surface area is 153 Å². The van der Waals surface area contributed by atoms with E-state index in [-0.39, 0.29) is 12.3 Å². The molecular weight excluding hydrogens is 354 g/mol. The van der Waals surface area contributed by atoms with Crippen molar-refractivity contribution < 1.29 is 17.9 Å².